The lowest BCUT2D eigenvalue weighted by Crippen LogP contribution is -2.27. The first-order valence-corrected chi connectivity index (χ1v) is 10.8. The highest BCUT2D eigenvalue weighted by Crippen LogP contribution is 2.43. The number of para-hydroxylation sites is 1. The first-order valence-electron chi connectivity index (χ1n) is 10.8. The summed E-state index contributed by atoms with van der Waals surface area (Å²) < 4.78 is 30.9. The van der Waals surface area contributed by atoms with Crippen LogP contribution in [0.3, 0.4) is 0 Å². The van der Waals surface area contributed by atoms with Crippen LogP contribution >= 0.6 is 0 Å². The number of hydrogen-bond donors (Lipinski definition) is 1. The highest BCUT2D eigenvalue weighted by molar-refractivity contribution is 6.11. The van der Waals surface area contributed by atoms with Gasteiger partial charge in [-0.1, -0.05) is 30.3 Å². The maximum Gasteiger partial charge on any atom is 0.346 e. The molecule has 0 amide bonds. The Hall–Kier alpha value is -4.39. The number of carbonyl (C=O) groups excluding carboxylic acids is 2. The minimum Gasteiger partial charge on any atom is -0.506 e. The zero-order valence-electron chi connectivity index (χ0n) is 19.4. The quantitative estimate of drug-likeness (QED) is 0.209. The average Bonchev–Trinajstić information content (AvgIpc) is 2.82. The molecule has 0 atom stereocenters. The monoisotopic (exact) mass is 474 g/mol. The Morgan fingerprint density at radius 2 is 1.83 bits per heavy atom. The van der Waals surface area contributed by atoms with E-state index in [0.717, 1.165) is 6.07 Å². The van der Waals surface area contributed by atoms with Crippen LogP contribution in [-0.4, -0.2) is 29.6 Å². The van der Waals surface area contributed by atoms with Gasteiger partial charge in [-0.2, -0.15) is 0 Å². The largest absolute Gasteiger partial charge is 0.506 e. The number of phenolic OH excluding ortho intramolecular Hbond substituents is 1. The topological polar surface area (TPSA) is 82.1 Å². The summed E-state index contributed by atoms with van der Waals surface area (Å²) in [5, 5.41) is 10.8. The van der Waals surface area contributed by atoms with E-state index < -0.39 is 23.2 Å². The van der Waals surface area contributed by atoms with Crippen molar-refractivity contribution in [1.82, 2.24) is 0 Å². The Labute approximate surface area is 201 Å². The van der Waals surface area contributed by atoms with E-state index in [2.05, 4.69) is 0 Å². The summed E-state index contributed by atoms with van der Waals surface area (Å²) in [6, 6.07) is 13.8. The molecule has 0 radical (unpaired) electrons. The van der Waals surface area contributed by atoms with Crippen molar-refractivity contribution in [3.63, 3.8) is 0 Å². The van der Waals surface area contributed by atoms with Crippen molar-refractivity contribution in [2.24, 2.45) is 0 Å². The molecular weight excluding hydrogens is 451 g/mol. The predicted octanol–water partition coefficient (Wildman–Crippen LogP) is 5.84. The van der Waals surface area contributed by atoms with Crippen LogP contribution < -0.4 is 14.2 Å². The van der Waals surface area contributed by atoms with Crippen molar-refractivity contribution in [2.45, 2.75) is 19.4 Å². The van der Waals surface area contributed by atoms with Crippen molar-refractivity contribution in [2.75, 3.05) is 7.11 Å². The SMILES string of the molecule is COc1cc2c(c(O)c1C(=O)/C=C/c1ccc(C(=O)Oc3ccccc3)c(F)c1)C=CC(C)(C)O2. The molecule has 0 saturated heterocycles. The highest BCUT2D eigenvalue weighted by Gasteiger charge is 2.28. The number of hydrogen-bond acceptors (Lipinski definition) is 6. The molecule has 3 aromatic carbocycles. The van der Waals surface area contributed by atoms with Crippen LogP contribution in [0.25, 0.3) is 12.2 Å². The Kier molecular flexibility index (Phi) is 6.42. The van der Waals surface area contributed by atoms with Crippen molar-refractivity contribution < 1.29 is 33.3 Å². The van der Waals surface area contributed by atoms with Gasteiger partial charge < -0.3 is 19.3 Å². The number of benzene rings is 3. The molecule has 0 spiro atoms. The van der Waals surface area contributed by atoms with E-state index in [1.54, 1.807) is 48.6 Å². The second-order valence-electron chi connectivity index (χ2n) is 8.39. The van der Waals surface area contributed by atoms with Gasteiger partial charge in [0, 0.05) is 6.07 Å². The van der Waals surface area contributed by atoms with Gasteiger partial charge in [0.05, 0.1) is 18.2 Å². The number of halogens is 1. The molecule has 0 fully saturated rings. The minimum absolute atomic E-state index is 0.0426. The summed E-state index contributed by atoms with van der Waals surface area (Å²) in [5.41, 5.74) is -0.137. The number of ketones is 1. The highest BCUT2D eigenvalue weighted by atomic mass is 19.1. The lowest BCUT2D eigenvalue weighted by atomic mass is 9.97. The zero-order chi connectivity index (χ0) is 25.2. The van der Waals surface area contributed by atoms with Gasteiger partial charge in [-0.3, -0.25) is 4.79 Å². The average molecular weight is 474 g/mol. The molecule has 0 bridgehead atoms. The van der Waals surface area contributed by atoms with Crippen LogP contribution in [0.1, 0.15) is 45.7 Å². The standard InChI is InChI=1S/C28H23FO6/c1-28(2)14-13-20-23(35-28)16-24(33-3)25(26(20)31)22(30)12-10-17-9-11-19(21(29)15-17)27(32)34-18-7-5-4-6-8-18/h4-16,31H,1-3H3/b12-10+. The van der Waals surface area contributed by atoms with Crippen LogP contribution in [0.5, 0.6) is 23.0 Å². The second-order valence-corrected chi connectivity index (χ2v) is 8.39. The molecular formula is C28H23FO6. The molecule has 0 aliphatic carbocycles. The third kappa shape index (κ3) is 5.09. The molecule has 0 unspecified atom stereocenters. The molecule has 0 saturated carbocycles. The van der Waals surface area contributed by atoms with Crippen LogP contribution in [0.2, 0.25) is 0 Å². The maximum absolute atomic E-state index is 14.6. The summed E-state index contributed by atoms with van der Waals surface area (Å²) in [6.07, 6.45) is 6.04. The Bertz CT molecular complexity index is 1360. The number of allylic oxidation sites excluding steroid dienone is 1. The maximum atomic E-state index is 14.6. The fourth-order valence-corrected chi connectivity index (χ4v) is 3.59. The Balaban J connectivity index is 1.56. The van der Waals surface area contributed by atoms with E-state index in [1.807, 2.05) is 13.8 Å². The van der Waals surface area contributed by atoms with Gasteiger partial charge in [-0.15, -0.1) is 0 Å². The molecule has 1 heterocycles. The number of methoxy groups -OCH3 is 1. The fourth-order valence-electron chi connectivity index (χ4n) is 3.59. The molecule has 0 aromatic heterocycles. The van der Waals surface area contributed by atoms with Crippen molar-refractivity contribution >= 4 is 23.9 Å². The molecule has 35 heavy (non-hydrogen) atoms. The normalized spacial score (nSPS) is 13.7. The minimum atomic E-state index is -0.831. The van der Waals surface area contributed by atoms with Gasteiger partial charge in [0.15, 0.2) is 5.78 Å². The van der Waals surface area contributed by atoms with Gasteiger partial charge in [-0.05, 0) is 61.9 Å². The number of ether oxygens (including phenoxy) is 3. The lowest BCUT2D eigenvalue weighted by molar-refractivity contribution is 0.0729. The van der Waals surface area contributed by atoms with E-state index in [-0.39, 0.29) is 22.6 Å². The summed E-state index contributed by atoms with van der Waals surface area (Å²) >= 11 is 0. The lowest BCUT2D eigenvalue weighted by Gasteiger charge is -2.29. The predicted molar refractivity (Wildman–Crippen MR) is 130 cm³/mol. The van der Waals surface area contributed by atoms with Gasteiger partial charge in [-0.25, -0.2) is 9.18 Å². The fraction of sp³-hybridized carbons (Fsp3) is 0.143. The van der Waals surface area contributed by atoms with Gasteiger partial charge >= 0.3 is 5.97 Å². The number of rotatable bonds is 6. The van der Waals surface area contributed by atoms with Crippen molar-refractivity contribution in [3.05, 3.63) is 94.8 Å². The third-order valence-electron chi connectivity index (χ3n) is 5.35. The number of esters is 1. The zero-order valence-corrected chi connectivity index (χ0v) is 19.4. The molecule has 6 nitrogen and oxygen atoms in total. The molecule has 178 valence electrons. The third-order valence-corrected chi connectivity index (χ3v) is 5.35. The number of phenols is 1. The molecule has 4 rings (SSSR count). The Morgan fingerprint density at radius 1 is 1.09 bits per heavy atom. The Morgan fingerprint density at radius 3 is 2.51 bits per heavy atom. The van der Waals surface area contributed by atoms with Crippen LogP contribution in [0, 0.1) is 5.82 Å². The molecule has 1 N–H and O–H groups in total. The summed E-state index contributed by atoms with van der Waals surface area (Å²) in [5.74, 6) is -1.60. The summed E-state index contributed by atoms with van der Waals surface area (Å²) in [6.45, 7) is 3.73. The smallest absolute Gasteiger partial charge is 0.346 e. The number of carbonyl (C=O) groups is 2. The molecule has 1 aliphatic heterocycles. The number of aromatic hydroxyl groups is 1. The van der Waals surface area contributed by atoms with Crippen molar-refractivity contribution in [3.8, 4) is 23.0 Å². The molecule has 1 aliphatic rings. The van der Waals surface area contributed by atoms with E-state index in [9.17, 15) is 19.1 Å². The second kappa shape index (κ2) is 9.46. The first-order chi connectivity index (χ1) is 16.7. The van der Waals surface area contributed by atoms with E-state index in [4.69, 9.17) is 14.2 Å². The van der Waals surface area contributed by atoms with Crippen molar-refractivity contribution in [1.29, 1.82) is 0 Å². The van der Waals surface area contributed by atoms with E-state index in [1.165, 1.54) is 31.4 Å². The first kappa shape index (κ1) is 23.8. The van der Waals surface area contributed by atoms with E-state index >= 15 is 0 Å². The molecule has 7 heteroatoms. The molecule has 3 aromatic rings. The van der Waals surface area contributed by atoms with Crippen LogP contribution in [0.15, 0.2) is 66.7 Å². The summed E-state index contributed by atoms with van der Waals surface area (Å²) in [7, 11) is 1.38. The summed E-state index contributed by atoms with van der Waals surface area (Å²) in [4.78, 5) is 25.2. The number of fused-ring (bicyclic) bond motifs is 1. The van der Waals surface area contributed by atoms with Crippen LogP contribution in [0.4, 0.5) is 4.39 Å². The van der Waals surface area contributed by atoms with Gasteiger partial charge in [0.2, 0.25) is 0 Å². The van der Waals surface area contributed by atoms with Gasteiger partial charge in [0.1, 0.15) is 40.0 Å². The van der Waals surface area contributed by atoms with Gasteiger partial charge in [0.25, 0.3) is 0 Å². The van der Waals surface area contributed by atoms with Crippen LogP contribution in [-0.2, 0) is 0 Å². The van der Waals surface area contributed by atoms with E-state index in [0.29, 0.717) is 22.6 Å².